The fourth-order valence-electron chi connectivity index (χ4n) is 2.98. The molecule has 1 aliphatic rings. The molecule has 5 nitrogen and oxygen atoms in total. The number of carbonyl (C=O) groups excluding carboxylic acids is 2. The summed E-state index contributed by atoms with van der Waals surface area (Å²) in [6, 6.07) is 13.0. The molecule has 1 N–H and O–H groups in total. The van der Waals surface area contributed by atoms with Gasteiger partial charge in [-0.05, 0) is 80.4 Å². The first-order chi connectivity index (χ1) is 13.8. The van der Waals surface area contributed by atoms with Crippen LogP contribution in [-0.4, -0.2) is 23.0 Å². The molecule has 1 saturated heterocycles. The first-order valence-electron chi connectivity index (χ1n) is 9.56. The van der Waals surface area contributed by atoms with Gasteiger partial charge in [0.05, 0.1) is 11.8 Å². The molecule has 0 spiro atoms. The minimum Gasteiger partial charge on any atom is -0.491 e. The van der Waals surface area contributed by atoms with Crippen molar-refractivity contribution in [2.75, 3.05) is 4.90 Å². The summed E-state index contributed by atoms with van der Waals surface area (Å²) in [5.41, 5.74) is 3.41. The number of amides is 2. The molecule has 1 fully saturated rings. The number of rotatable bonds is 5. The number of hydrogen-bond acceptors (Lipinski definition) is 4. The molecular formula is C23H24N2O3S. The zero-order valence-electron chi connectivity index (χ0n) is 17.0. The molecule has 1 heterocycles. The maximum Gasteiger partial charge on any atom is 0.270 e. The largest absolute Gasteiger partial charge is 0.491 e. The molecule has 0 saturated carbocycles. The lowest BCUT2D eigenvalue weighted by Crippen LogP contribution is -2.54. The smallest absolute Gasteiger partial charge is 0.270 e. The number of aryl methyl sites for hydroxylation is 1. The van der Waals surface area contributed by atoms with Gasteiger partial charge in [-0.2, -0.15) is 0 Å². The second kappa shape index (κ2) is 8.57. The third kappa shape index (κ3) is 4.38. The lowest BCUT2D eigenvalue weighted by atomic mass is 10.0. The van der Waals surface area contributed by atoms with Gasteiger partial charge in [-0.25, -0.2) is 0 Å². The Kier molecular flexibility index (Phi) is 6.13. The Morgan fingerprint density at radius 2 is 1.83 bits per heavy atom. The highest BCUT2D eigenvalue weighted by atomic mass is 32.1. The molecule has 150 valence electrons. The van der Waals surface area contributed by atoms with Crippen LogP contribution in [0.1, 0.15) is 37.0 Å². The van der Waals surface area contributed by atoms with Gasteiger partial charge < -0.3 is 4.74 Å². The Bertz CT molecular complexity index is 996. The van der Waals surface area contributed by atoms with E-state index in [-0.39, 0.29) is 16.8 Å². The van der Waals surface area contributed by atoms with Crippen LogP contribution in [0.5, 0.6) is 5.75 Å². The normalized spacial score (nSPS) is 16.8. The Balaban J connectivity index is 1.92. The summed E-state index contributed by atoms with van der Waals surface area (Å²) in [4.78, 5) is 27.0. The molecule has 2 aromatic carbocycles. The van der Waals surface area contributed by atoms with E-state index in [0.717, 1.165) is 28.9 Å². The van der Waals surface area contributed by atoms with E-state index >= 15 is 0 Å². The fraction of sp³-hybridized carbons (Fsp3) is 0.261. The van der Waals surface area contributed by atoms with Crippen LogP contribution in [0.2, 0.25) is 0 Å². The Morgan fingerprint density at radius 3 is 2.48 bits per heavy atom. The summed E-state index contributed by atoms with van der Waals surface area (Å²) in [5, 5.41) is 2.71. The van der Waals surface area contributed by atoms with Crippen molar-refractivity contribution in [3.8, 4) is 5.75 Å². The monoisotopic (exact) mass is 408 g/mol. The van der Waals surface area contributed by atoms with E-state index in [9.17, 15) is 9.59 Å². The third-order valence-corrected chi connectivity index (χ3v) is 5.31. The average Bonchev–Trinajstić information content (AvgIpc) is 2.69. The molecule has 0 unspecified atom stereocenters. The molecule has 0 aliphatic carbocycles. The van der Waals surface area contributed by atoms with Crippen molar-refractivity contribution in [2.45, 2.75) is 40.2 Å². The van der Waals surface area contributed by atoms with Crippen molar-refractivity contribution in [2.24, 2.45) is 0 Å². The summed E-state index contributed by atoms with van der Waals surface area (Å²) in [6.45, 7) is 7.96. The second-order valence-corrected chi connectivity index (χ2v) is 7.47. The molecule has 1 atom stereocenters. The van der Waals surface area contributed by atoms with Crippen molar-refractivity contribution >= 4 is 40.9 Å². The quantitative estimate of drug-likeness (QED) is 0.455. The number of nitrogens with zero attached hydrogens (tertiary/aromatic N) is 1. The molecule has 0 bridgehead atoms. The standard InChI is InChI=1S/C23H24N2O3S/c1-5-15(3)28-18-11-9-17(10-12-18)13-19-21(26)24-23(29)25(22(19)27)20-8-6-7-14(2)16(20)4/h6-13,15H,5H2,1-4H3,(H,24,26,29)/b19-13+/t15-/m0/s1. The predicted octanol–water partition coefficient (Wildman–Crippen LogP) is 4.31. The molecule has 6 heteroatoms. The summed E-state index contributed by atoms with van der Waals surface area (Å²) < 4.78 is 5.77. The van der Waals surface area contributed by atoms with Gasteiger partial charge in [0.1, 0.15) is 11.3 Å². The van der Waals surface area contributed by atoms with Crippen LogP contribution in [0.3, 0.4) is 0 Å². The first kappa shape index (κ1) is 20.7. The fourth-order valence-corrected chi connectivity index (χ4v) is 3.25. The lowest BCUT2D eigenvalue weighted by Gasteiger charge is -2.30. The Morgan fingerprint density at radius 1 is 1.14 bits per heavy atom. The van der Waals surface area contributed by atoms with Gasteiger partial charge in [0, 0.05) is 0 Å². The number of hydrogen-bond donors (Lipinski definition) is 1. The number of carbonyl (C=O) groups is 2. The van der Waals surface area contributed by atoms with Crippen LogP contribution in [0, 0.1) is 13.8 Å². The second-order valence-electron chi connectivity index (χ2n) is 7.08. The van der Waals surface area contributed by atoms with Crippen molar-refractivity contribution in [1.82, 2.24) is 5.32 Å². The summed E-state index contributed by atoms with van der Waals surface area (Å²) in [5.74, 6) is -0.187. The predicted molar refractivity (Wildman–Crippen MR) is 119 cm³/mol. The Labute approximate surface area is 176 Å². The van der Waals surface area contributed by atoms with Crippen LogP contribution in [-0.2, 0) is 9.59 Å². The topological polar surface area (TPSA) is 58.6 Å². The SMILES string of the molecule is CC[C@H](C)Oc1ccc(/C=C2\C(=O)NC(=S)N(c3cccc(C)c3C)C2=O)cc1. The van der Waals surface area contributed by atoms with Crippen molar-refractivity contribution in [1.29, 1.82) is 0 Å². The van der Waals surface area contributed by atoms with Gasteiger partial charge in [0.15, 0.2) is 5.11 Å². The van der Waals surface area contributed by atoms with Crippen LogP contribution < -0.4 is 15.0 Å². The Hall–Kier alpha value is -2.99. The minimum absolute atomic E-state index is 0.0371. The van der Waals surface area contributed by atoms with E-state index in [1.807, 2.05) is 63.2 Å². The van der Waals surface area contributed by atoms with Gasteiger partial charge in [-0.1, -0.05) is 31.2 Å². The zero-order chi connectivity index (χ0) is 21.1. The van der Waals surface area contributed by atoms with Crippen LogP contribution >= 0.6 is 12.2 Å². The highest BCUT2D eigenvalue weighted by Gasteiger charge is 2.35. The maximum absolute atomic E-state index is 13.2. The highest BCUT2D eigenvalue weighted by Crippen LogP contribution is 2.27. The summed E-state index contributed by atoms with van der Waals surface area (Å²) >= 11 is 5.28. The molecule has 29 heavy (non-hydrogen) atoms. The van der Waals surface area contributed by atoms with Crippen molar-refractivity contribution < 1.29 is 14.3 Å². The average molecular weight is 409 g/mol. The van der Waals surface area contributed by atoms with E-state index in [4.69, 9.17) is 17.0 Å². The molecule has 3 rings (SSSR count). The van der Waals surface area contributed by atoms with Crippen LogP contribution in [0.4, 0.5) is 5.69 Å². The number of benzene rings is 2. The van der Waals surface area contributed by atoms with Gasteiger partial charge in [0.25, 0.3) is 11.8 Å². The minimum atomic E-state index is -0.499. The maximum atomic E-state index is 13.2. The van der Waals surface area contributed by atoms with Crippen LogP contribution in [0.25, 0.3) is 6.08 Å². The van der Waals surface area contributed by atoms with E-state index in [0.29, 0.717) is 5.69 Å². The van der Waals surface area contributed by atoms with Crippen molar-refractivity contribution in [3.63, 3.8) is 0 Å². The van der Waals surface area contributed by atoms with E-state index < -0.39 is 11.8 Å². The number of nitrogens with one attached hydrogen (secondary N) is 1. The molecule has 1 aliphatic heterocycles. The van der Waals surface area contributed by atoms with Crippen molar-refractivity contribution in [3.05, 3.63) is 64.7 Å². The van der Waals surface area contributed by atoms with E-state index in [1.54, 1.807) is 6.08 Å². The molecule has 2 aromatic rings. The van der Waals surface area contributed by atoms with Crippen LogP contribution in [0.15, 0.2) is 48.0 Å². The molecule has 0 aromatic heterocycles. The first-order valence-corrected chi connectivity index (χ1v) is 9.97. The number of ether oxygens (including phenoxy) is 1. The molecule has 2 amide bonds. The third-order valence-electron chi connectivity index (χ3n) is 5.02. The summed E-state index contributed by atoms with van der Waals surface area (Å²) in [6.07, 6.45) is 2.61. The summed E-state index contributed by atoms with van der Waals surface area (Å²) in [7, 11) is 0. The molecule has 0 radical (unpaired) electrons. The highest BCUT2D eigenvalue weighted by molar-refractivity contribution is 7.80. The molecular weight excluding hydrogens is 384 g/mol. The van der Waals surface area contributed by atoms with E-state index in [2.05, 4.69) is 12.2 Å². The lowest BCUT2D eigenvalue weighted by molar-refractivity contribution is -0.122. The zero-order valence-corrected chi connectivity index (χ0v) is 17.8. The number of anilines is 1. The number of thiocarbonyl (C=S) groups is 1. The van der Waals surface area contributed by atoms with Gasteiger partial charge in [-0.15, -0.1) is 0 Å². The van der Waals surface area contributed by atoms with Gasteiger partial charge >= 0.3 is 0 Å². The van der Waals surface area contributed by atoms with E-state index in [1.165, 1.54) is 4.90 Å². The van der Waals surface area contributed by atoms with Gasteiger partial charge in [0.2, 0.25) is 0 Å². The van der Waals surface area contributed by atoms with Gasteiger partial charge in [-0.3, -0.25) is 19.8 Å².